The summed E-state index contributed by atoms with van der Waals surface area (Å²) in [5.74, 6) is 0.375. The number of fused-ring (bicyclic) bond motifs is 8. The number of hydrogen-bond donors (Lipinski definition) is 2. The van der Waals surface area contributed by atoms with Crippen molar-refractivity contribution in [2.75, 3.05) is 5.73 Å². The molecule has 2 aromatic carbocycles. The van der Waals surface area contributed by atoms with Gasteiger partial charge in [0.05, 0.1) is 0 Å². The van der Waals surface area contributed by atoms with Crippen LogP contribution in [0.15, 0.2) is 54.0 Å². The van der Waals surface area contributed by atoms with Crippen LogP contribution in [-0.2, 0) is 11.3 Å². The fraction of sp³-hybridized carbons (Fsp3) is 0.192. The van der Waals surface area contributed by atoms with Crippen molar-refractivity contribution in [3.63, 3.8) is 0 Å². The normalized spacial score (nSPS) is 17.6. The number of ether oxygens (including phenoxy) is 1. The van der Waals surface area contributed by atoms with Crippen molar-refractivity contribution in [1.82, 2.24) is 15.3 Å². The second kappa shape index (κ2) is 7.50. The number of nitrogens with zero attached hydrogens (tertiary/aromatic N) is 2. The van der Waals surface area contributed by atoms with Gasteiger partial charge in [-0.15, -0.1) is 11.3 Å². The molecule has 1 amide bonds. The largest absolute Gasteiger partial charge is 0.384 e. The summed E-state index contributed by atoms with van der Waals surface area (Å²) in [7, 11) is 0. The Morgan fingerprint density at radius 3 is 2.58 bits per heavy atom. The van der Waals surface area contributed by atoms with Gasteiger partial charge < -0.3 is 15.8 Å². The first-order valence-corrected chi connectivity index (χ1v) is 11.7. The average Bonchev–Trinajstić information content (AvgIpc) is 3.53. The van der Waals surface area contributed by atoms with Crippen molar-refractivity contribution in [3.8, 4) is 10.6 Å². The number of aryl methyl sites for hydroxylation is 2. The predicted octanol–water partition coefficient (Wildman–Crippen LogP) is 4.86. The summed E-state index contributed by atoms with van der Waals surface area (Å²) in [5, 5.41) is 6.01. The molecule has 7 heteroatoms. The first kappa shape index (κ1) is 20.1. The third-order valence-electron chi connectivity index (χ3n) is 6.52. The number of amides is 1. The number of pyridine rings is 1. The molecule has 2 unspecified atom stereocenters. The Kier molecular flexibility index (Phi) is 4.57. The van der Waals surface area contributed by atoms with E-state index in [4.69, 9.17) is 10.5 Å². The highest BCUT2D eigenvalue weighted by molar-refractivity contribution is 7.13. The molecule has 0 radical (unpaired) electrons. The molecule has 2 bridgehead atoms. The summed E-state index contributed by atoms with van der Waals surface area (Å²) < 4.78 is 6.32. The number of anilines is 1. The minimum absolute atomic E-state index is 0.0754. The molecule has 4 aromatic rings. The molecule has 2 aliphatic heterocycles. The van der Waals surface area contributed by atoms with Gasteiger partial charge in [0.1, 0.15) is 23.0 Å². The van der Waals surface area contributed by atoms with E-state index in [0.29, 0.717) is 17.9 Å². The third-order valence-corrected chi connectivity index (χ3v) is 7.34. The van der Waals surface area contributed by atoms with Crippen molar-refractivity contribution in [2.24, 2.45) is 0 Å². The molecule has 3 N–H and O–H groups in total. The lowest BCUT2D eigenvalue weighted by molar-refractivity contribution is 0.0857. The second-order valence-corrected chi connectivity index (χ2v) is 9.43. The van der Waals surface area contributed by atoms with E-state index in [-0.39, 0.29) is 18.1 Å². The van der Waals surface area contributed by atoms with Gasteiger partial charge in [0.25, 0.3) is 5.91 Å². The minimum atomic E-state index is -0.154. The highest BCUT2D eigenvalue weighted by Gasteiger charge is 2.43. The number of rotatable bonds is 4. The molecule has 6 rings (SSSR count). The number of nitrogens with one attached hydrogen (secondary N) is 1. The number of carbonyl (C=O) groups excluding carboxylic acids is 1. The Morgan fingerprint density at radius 2 is 1.82 bits per heavy atom. The van der Waals surface area contributed by atoms with Gasteiger partial charge in [0.2, 0.25) is 0 Å². The average molecular weight is 455 g/mol. The van der Waals surface area contributed by atoms with Gasteiger partial charge in [-0.05, 0) is 71.5 Å². The molecule has 0 saturated carbocycles. The first-order chi connectivity index (χ1) is 16.0. The van der Waals surface area contributed by atoms with E-state index in [1.165, 1.54) is 5.56 Å². The van der Waals surface area contributed by atoms with E-state index in [1.54, 1.807) is 11.3 Å². The molecule has 164 valence electrons. The van der Waals surface area contributed by atoms with Crippen molar-refractivity contribution < 1.29 is 9.53 Å². The minimum Gasteiger partial charge on any atom is -0.384 e. The molecule has 0 spiro atoms. The van der Waals surface area contributed by atoms with Crippen LogP contribution in [0.2, 0.25) is 0 Å². The zero-order valence-corrected chi connectivity index (χ0v) is 19.1. The lowest BCUT2D eigenvalue weighted by atomic mass is 9.84. The topological polar surface area (TPSA) is 90.1 Å². The Bertz CT molecular complexity index is 1390. The van der Waals surface area contributed by atoms with Crippen LogP contribution in [0, 0.1) is 13.8 Å². The fourth-order valence-electron chi connectivity index (χ4n) is 4.91. The molecule has 2 atom stereocenters. The van der Waals surface area contributed by atoms with E-state index >= 15 is 0 Å². The molecule has 33 heavy (non-hydrogen) atoms. The number of carbonyl (C=O) groups is 1. The Hall–Kier alpha value is -3.55. The molecule has 0 aliphatic carbocycles. The lowest BCUT2D eigenvalue weighted by Crippen LogP contribution is -2.24. The molecular formula is C26H22N4O2S. The summed E-state index contributed by atoms with van der Waals surface area (Å²) in [6.07, 6.45) is 1.59. The van der Waals surface area contributed by atoms with Gasteiger partial charge >= 0.3 is 0 Å². The van der Waals surface area contributed by atoms with Gasteiger partial charge in [0.15, 0.2) is 0 Å². The molecule has 2 aromatic heterocycles. The van der Waals surface area contributed by atoms with Crippen molar-refractivity contribution in [1.29, 1.82) is 0 Å². The van der Waals surface area contributed by atoms with Gasteiger partial charge in [-0.1, -0.05) is 18.2 Å². The van der Waals surface area contributed by atoms with Gasteiger partial charge in [-0.25, -0.2) is 9.97 Å². The Balaban J connectivity index is 1.26. The number of benzene rings is 2. The third kappa shape index (κ3) is 3.23. The predicted molar refractivity (Wildman–Crippen MR) is 128 cm³/mol. The van der Waals surface area contributed by atoms with Crippen LogP contribution in [0.1, 0.15) is 61.6 Å². The SMILES string of the molecule is Cc1cc(N)nc(C)c1CNC(=O)c1ccc2c(c1)C1OC2c2ccc(-c3nccs3)cc21. The lowest BCUT2D eigenvalue weighted by Gasteiger charge is -2.17. The summed E-state index contributed by atoms with van der Waals surface area (Å²) in [5.41, 5.74) is 15.0. The van der Waals surface area contributed by atoms with Crippen LogP contribution in [0.25, 0.3) is 10.6 Å². The maximum atomic E-state index is 13.0. The molecule has 0 fully saturated rings. The van der Waals surface area contributed by atoms with E-state index in [1.807, 2.05) is 49.7 Å². The van der Waals surface area contributed by atoms with Crippen LogP contribution in [0.3, 0.4) is 0 Å². The van der Waals surface area contributed by atoms with E-state index in [9.17, 15) is 4.79 Å². The number of thiazole rings is 1. The molecule has 4 heterocycles. The van der Waals surface area contributed by atoms with E-state index in [2.05, 4.69) is 33.5 Å². The number of nitrogen functional groups attached to an aromatic ring is 1. The molecular weight excluding hydrogens is 432 g/mol. The maximum Gasteiger partial charge on any atom is 0.251 e. The van der Waals surface area contributed by atoms with Crippen molar-refractivity contribution >= 4 is 23.1 Å². The smallest absolute Gasteiger partial charge is 0.251 e. The van der Waals surface area contributed by atoms with Gasteiger partial charge in [0, 0.05) is 34.9 Å². The van der Waals surface area contributed by atoms with Crippen LogP contribution in [0.5, 0.6) is 0 Å². The van der Waals surface area contributed by atoms with Crippen molar-refractivity contribution in [2.45, 2.75) is 32.6 Å². The Labute approximate surface area is 195 Å². The summed E-state index contributed by atoms with van der Waals surface area (Å²) in [6, 6.07) is 14.1. The summed E-state index contributed by atoms with van der Waals surface area (Å²) in [6.45, 7) is 4.29. The Morgan fingerprint density at radius 1 is 1.06 bits per heavy atom. The zero-order valence-electron chi connectivity index (χ0n) is 18.3. The highest BCUT2D eigenvalue weighted by Crippen LogP contribution is 2.54. The summed E-state index contributed by atoms with van der Waals surface area (Å²) in [4.78, 5) is 21.7. The molecule has 0 saturated heterocycles. The first-order valence-electron chi connectivity index (χ1n) is 10.8. The highest BCUT2D eigenvalue weighted by atomic mass is 32.1. The van der Waals surface area contributed by atoms with Gasteiger partial charge in [-0.2, -0.15) is 0 Å². The van der Waals surface area contributed by atoms with Crippen LogP contribution < -0.4 is 11.1 Å². The maximum absolute atomic E-state index is 13.0. The van der Waals surface area contributed by atoms with Gasteiger partial charge in [-0.3, -0.25) is 4.79 Å². The monoisotopic (exact) mass is 454 g/mol. The standard InChI is InChI=1S/C26H22N4O2S/c1-13-9-22(27)30-14(2)21(13)12-29-25(31)15-3-5-17-19(10-15)24-20-11-16(26-28-7-8-33-26)4-6-18(20)23(17)32-24/h3-11,23-24H,12H2,1-2H3,(H2,27,30)(H,29,31). The number of nitrogens with two attached hydrogens (primary N) is 1. The number of hydrogen-bond acceptors (Lipinski definition) is 6. The fourth-order valence-corrected chi connectivity index (χ4v) is 5.55. The van der Waals surface area contributed by atoms with E-state index in [0.717, 1.165) is 44.1 Å². The molecule has 6 nitrogen and oxygen atoms in total. The molecule has 2 aliphatic rings. The van der Waals surface area contributed by atoms with Crippen LogP contribution >= 0.6 is 11.3 Å². The van der Waals surface area contributed by atoms with Crippen molar-refractivity contribution in [3.05, 3.63) is 98.7 Å². The summed E-state index contributed by atoms with van der Waals surface area (Å²) >= 11 is 1.62. The van der Waals surface area contributed by atoms with Crippen LogP contribution in [0.4, 0.5) is 5.82 Å². The van der Waals surface area contributed by atoms with Crippen LogP contribution in [-0.4, -0.2) is 15.9 Å². The second-order valence-electron chi connectivity index (χ2n) is 8.53. The quantitative estimate of drug-likeness (QED) is 0.460. The number of aromatic nitrogens is 2. The van der Waals surface area contributed by atoms with E-state index < -0.39 is 0 Å². The zero-order chi connectivity index (χ0) is 22.7.